The number of nitrogens with zero attached hydrogens (tertiary/aromatic N) is 2. The number of rotatable bonds is 4. The first-order valence-electron chi connectivity index (χ1n) is 10.5. The number of hydrogen-bond acceptors (Lipinski definition) is 3. The number of ether oxygens (including phenoxy) is 1. The third-order valence-electron chi connectivity index (χ3n) is 6.27. The zero-order valence-corrected chi connectivity index (χ0v) is 18.4. The average molecular weight is 435 g/mol. The summed E-state index contributed by atoms with van der Waals surface area (Å²) in [4.78, 5) is 16.9. The lowest BCUT2D eigenvalue weighted by Gasteiger charge is -2.30. The second kappa shape index (κ2) is 9.30. The number of amides is 1. The van der Waals surface area contributed by atoms with E-state index in [-0.39, 0.29) is 17.5 Å². The van der Waals surface area contributed by atoms with Crippen LogP contribution in [0.1, 0.15) is 52.0 Å². The van der Waals surface area contributed by atoms with Crippen molar-refractivity contribution in [2.45, 2.75) is 39.4 Å². The molecule has 0 saturated carbocycles. The van der Waals surface area contributed by atoms with Gasteiger partial charge in [0.25, 0.3) is 5.91 Å². The first kappa shape index (κ1) is 23.1. The average Bonchev–Trinajstić information content (AvgIpc) is 3.00. The first-order valence-corrected chi connectivity index (χ1v) is 10.5. The molecule has 0 aromatic heterocycles. The molecule has 3 rings (SSSR count). The minimum absolute atomic E-state index is 0.186. The van der Waals surface area contributed by atoms with Gasteiger partial charge in [0.05, 0.1) is 12.7 Å². The maximum absolute atomic E-state index is 12.8. The van der Waals surface area contributed by atoms with Crippen molar-refractivity contribution in [2.24, 2.45) is 0 Å². The van der Waals surface area contributed by atoms with Crippen LogP contribution in [0.4, 0.5) is 13.2 Å². The molecular weight excluding hydrogens is 405 g/mol. The van der Waals surface area contributed by atoms with E-state index in [1.807, 2.05) is 6.07 Å². The highest BCUT2D eigenvalue weighted by atomic mass is 19.4. The number of carbonyl (C=O) groups excluding carboxylic acids is 1. The Labute approximate surface area is 181 Å². The maximum Gasteiger partial charge on any atom is 0.416 e. The van der Waals surface area contributed by atoms with E-state index >= 15 is 0 Å². The van der Waals surface area contributed by atoms with Crippen molar-refractivity contribution in [1.29, 1.82) is 0 Å². The molecule has 7 heteroatoms. The predicted molar refractivity (Wildman–Crippen MR) is 114 cm³/mol. The molecule has 1 aliphatic heterocycles. The molecule has 1 saturated heterocycles. The second-order valence-electron chi connectivity index (χ2n) is 8.04. The number of halogens is 3. The van der Waals surface area contributed by atoms with Crippen molar-refractivity contribution < 1.29 is 22.7 Å². The molecule has 168 valence electrons. The van der Waals surface area contributed by atoms with Crippen LogP contribution >= 0.6 is 0 Å². The smallest absolute Gasteiger partial charge is 0.416 e. The summed E-state index contributed by atoms with van der Waals surface area (Å²) >= 11 is 0. The van der Waals surface area contributed by atoms with E-state index in [0.29, 0.717) is 19.6 Å². The molecule has 0 spiro atoms. The van der Waals surface area contributed by atoms with Gasteiger partial charge >= 0.3 is 6.18 Å². The number of alkyl halides is 3. The highest BCUT2D eigenvalue weighted by Crippen LogP contribution is 2.31. The molecule has 0 bridgehead atoms. The van der Waals surface area contributed by atoms with Gasteiger partial charge in [-0.25, -0.2) is 0 Å². The Bertz CT molecular complexity index is 926. The third kappa shape index (κ3) is 5.03. The van der Waals surface area contributed by atoms with Crippen LogP contribution in [0, 0.1) is 13.8 Å². The van der Waals surface area contributed by atoms with Crippen LogP contribution in [0.3, 0.4) is 0 Å². The number of hydrogen-bond donors (Lipinski definition) is 0. The van der Waals surface area contributed by atoms with Crippen LogP contribution in [0.25, 0.3) is 0 Å². The molecule has 0 radical (unpaired) electrons. The van der Waals surface area contributed by atoms with Gasteiger partial charge in [-0.05, 0) is 74.2 Å². The van der Waals surface area contributed by atoms with E-state index in [4.69, 9.17) is 4.74 Å². The minimum atomic E-state index is -4.40. The van der Waals surface area contributed by atoms with Gasteiger partial charge in [0.1, 0.15) is 5.75 Å². The van der Waals surface area contributed by atoms with Crippen molar-refractivity contribution >= 4 is 5.91 Å². The van der Waals surface area contributed by atoms with Gasteiger partial charge in [-0.1, -0.05) is 6.07 Å². The largest absolute Gasteiger partial charge is 0.496 e. The molecule has 1 aliphatic rings. The van der Waals surface area contributed by atoms with Gasteiger partial charge in [-0.3, -0.25) is 9.69 Å². The fraction of sp³-hybridized carbons (Fsp3) is 0.458. The summed E-state index contributed by atoms with van der Waals surface area (Å²) in [5.41, 5.74) is 3.11. The summed E-state index contributed by atoms with van der Waals surface area (Å²) in [6, 6.07) is 8.74. The number of methoxy groups -OCH3 is 1. The van der Waals surface area contributed by atoms with Gasteiger partial charge in [-0.15, -0.1) is 0 Å². The predicted octanol–water partition coefficient (Wildman–Crippen LogP) is 5.24. The zero-order valence-electron chi connectivity index (χ0n) is 18.4. The Balaban J connectivity index is 1.69. The van der Waals surface area contributed by atoms with Crippen molar-refractivity contribution in [3.8, 4) is 5.75 Å². The summed E-state index contributed by atoms with van der Waals surface area (Å²) in [6.07, 6.45) is -3.59. The standard InChI is InChI=1S/C24H29F3N2O2/c1-16-17(2)22(31-4)11-10-21(16)18(3)28-12-5-13-29(15-14-28)23(30)19-6-8-20(9-7-19)24(25,26)27/h6-11,18H,5,12-15H2,1-4H3. The molecule has 4 nitrogen and oxygen atoms in total. The summed E-state index contributed by atoms with van der Waals surface area (Å²) in [5.74, 6) is 0.650. The molecular formula is C24H29F3N2O2. The van der Waals surface area contributed by atoms with E-state index < -0.39 is 11.7 Å². The van der Waals surface area contributed by atoms with E-state index in [0.717, 1.165) is 36.4 Å². The van der Waals surface area contributed by atoms with Crippen LogP contribution in [-0.4, -0.2) is 49.0 Å². The van der Waals surface area contributed by atoms with Gasteiger partial charge in [0.2, 0.25) is 0 Å². The lowest BCUT2D eigenvalue weighted by molar-refractivity contribution is -0.137. The molecule has 0 aliphatic carbocycles. The molecule has 31 heavy (non-hydrogen) atoms. The SMILES string of the molecule is COc1ccc(C(C)N2CCCN(C(=O)c3ccc(C(F)(F)F)cc3)CC2)c(C)c1C. The number of benzene rings is 2. The van der Waals surface area contributed by atoms with Crippen molar-refractivity contribution in [1.82, 2.24) is 9.80 Å². The van der Waals surface area contributed by atoms with E-state index in [9.17, 15) is 18.0 Å². The molecule has 1 amide bonds. The minimum Gasteiger partial charge on any atom is -0.496 e. The zero-order chi connectivity index (χ0) is 22.8. The van der Waals surface area contributed by atoms with Gasteiger partial charge < -0.3 is 9.64 Å². The summed E-state index contributed by atoms with van der Waals surface area (Å²) in [5, 5.41) is 0. The van der Waals surface area contributed by atoms with Gasteiger partial charge in [0, 0.05) is 37.8 Å². The van der Waals surface area contributed by atoms with Crippen molar-refractivity contribution in [2.75, 3.05) is 33.3 Å². The van der Waals surface area contributed by atoms with Crippen LogP contribution < -0.4 is 4.74 Å². The normalized spacial score (nSPS) is 16.7. The monoisotopic (exact) mass is 434 g/mol. The third-order valence-corrected chi connectivity index (χ3v) is 6.27. The molecule has 1 atom stereocenters. The van der Waals surface area contributed by atoms with Crippen molar-refractivity contribution in [3.05, 3.63) is 64.2 Å². The topological polar surface area (TPSA) is 32.8 Å². The Morgan fingerprint density at radius 1 is 0.968 bits per heavy atom. The molecule has 1 heterocycles. The highest BCUT2D eigenvalue weighted by molar-refractivity contribution is 5.94. The van der Waals surface area contributed by atoms with E-state index in [1.165, 1.54) is 23.3 Å². The van der Waals surface area contributed by atoms with Gasteiger partial charge in [-0.2, -0.15) is 13.2 Å². The fourth-order valence-electron chi connectivity index (χ4n) is 4.20. The Morgan fingerprint density at radius 3 is 2.26 bits per heavy atom. The Hall–Kier alpha value is -2.54. The summed E-state index contributed by atoms with van der Waals surface area (Å²) < 4.78 is 43.7. The van der Waals surface area contributed by atoms with Crippen LogP contribution in [0.15, 0.2) is 36.4 Å². The van der Waals surface area contributed by atoms with Crippen LogP contribution in [0.5, 0.6) is 5.75 Å². The lowest BCUT2D eigenvalue weighted by atomic mass is 9.96. The lowest BCUT2D eigenvalue weighted by Crippen LogP contribution is -2.36. The first-order chi connectivity index (χ1) is 14.6. The summed E-state index contributed by atoms with van der Waals surface area (Å²) in [6.45, 7) is 9.00. The van der Waals surface area contributed by atoms with Crippen LogP contribution in [0.2, 0.25) is 0 Å². The van der Waals surface area contributed by atoms with E-state index in [2.05, 4.69) is 31.7 Å². The quantitative estimate of drug-likeness (QED) is 0.660. The highest BCUT2D eigenvalue weighted by Gasteiger charge is 2.31. The van der Waals surface area contributed by atoms with E-state index in [1.54, 1.807) is 12.0 Å². The molecule has 1 unspecified atom stereocenters. The Morgan fingerprint density at radius 2 is 1.65 bits per heavy atom. The molecule has 2 aromatic carbocycles. The Kier molecular flexibility index (Phi) is 6.94. The summed E-state index contributed by atoms with van der Waals surface area (Å²) in [7, 11) is 1.67. The molecule has 1 fully saturated rings. The van der Waals surface area contributed by atoms with Gasteiger partial charge in [0.15, 0.2) is 0 Å². The van der Waals surface area contributed by atoms with Crippen molar-refractivity contribution in [3.63, 3.8) is 0 Å². The maximum atomic E-state index is 12.8. The fourth-order valence-corrected chi connectivity index (χ4v) is 4.20. The van der Waals surface area contributed by atoms with Crippen LogP contribution in [-0.2, 0) is 6.18 Å². The molecule has 0 N–H and O–H groups in total. The second-order valence-corrected chi connectivity index (χ2v) is 8.04. The number of carbonyl (C=O) groups is 1. The molecule has 2 aromatic rings.